The van der Waals surface area contributed by atoms with Gasteiger partial charge in [0.2, 0.25) is 0 Å². The van der Waals surface area contributed by atoms with E-state index in [0.29, 0.717) is 13.1 Å². The molecule has 1 aromatic carbocycles. The van der Waals surface area contributed by atoms with Crippen LogP contribution < -0.4 is 5.32 Å². The van der Waals surface area contributed by atoms with Crippen molar-refractivity contribution in [3.05, 3.63) is 29.8 Å². The molecule has 1 atom stereocenters. The Morgan fingerprint density at radius 2 is 2.00 bits per heavy atom. The summed E-state index contributed by atoms with van der Waals surface area (Å²) >= 11 is 0. The second-order valence-corrected chi connectivity index (χ2v) is 7.48. The lowest BCUT2D eigenvalue weighted by molar-refractivity contribution is 0.0862. The SMILES string of the molecule is COC(=O)N1CCC[C@@H](NC(=O)c2ccccc2S(C)(=O)=O)C1. The molecule has 1 saturated heterocycles. The van der Waals surface area contributed by atoms with Gasteiger partial charge in [0.05, 0.1) is 17.6 Å². The molecule has 0 radical (unpaired) electrons. The second kappa shape index (κ2) is 6.99. The van der Waals surface area contributed by atoms with E-state index in [1.165, 1.54) is 24.1 Å². The number of carbonyl (C=O) groups is 2. The molecule has 23 heavy (non-hydrogen) atoms. The van der Waals surface area contributed by atoms with Gasteiger partial charge in [0.1, 0.15) is 0 Å². The maximum atomic E-state index is 12.4. The van der Waals surface area contributed by atoms with Crippen molar-refractivity contribution in [2.45, 2.75) is 23.8 Å². The van der Waals surface area contributed by atoms with Crippen molar-refractivity contribution >= 4 is 21.8 Å². The number of methoxy groups -OCH3 is 1. The summed E-state index contributed by atoms with van der Waals surface area (Å²) in [5, 5.41) is 2.80. The molecule has 0 bridgehead atoms. The number of hydrogen-bond donors (Lipinski definition) is 1. The van der Waals surface area contributed by atoms with E-state index < -0.39 is 21.8 Å². The minimum Gasteiger partial charge on any atom is -0.453 e. The van der Waals surface area contributed by atoms with Crippen LogP contribution in [0.25, 0.3) is 0 Å². The van der Waals surface area contributed by atoms with Gasteiger partial charge in [0.15, 0.2) is 9.84 Å². The van der Waals surface area contributed by atoms with E-state index >= 15 is 0 Å². The predicted octanol–water partition coefficient (Wildman–Crippen LogP) is 1.05. The third-order valence-electron chi connectivity index (χ3n) is 3.72. The van der Waals surface area contributed by atoms with Crippen molar-refractivity contribution in [2.75, 3.05) is 26.5 Å². The molecular formula is C15H20N2O5S. The molecule has 0 unspecified atom stereocenters. The standard InChI is InChI=1S/C15H20N2O5S/c1-22-15(19)17-9-5-6-11(10-17)16-14(18)12-7-3-4-8-13(12)23(2,20)21/h3-4,7-8,11H,5-6,9-10H2,1-2H3,(H,16,18)/t11-/m1/s1. The van der Waals surface area contributed by atoms with Crippen LogP contribution in [-0.4, -0.2) is 57.8 Å². The molecule has 2 rings (SSSR count). The Kier molecular flexibility index (Phi) is 5.25. The molecular weight excluding hydrogens is 320 g/mol. The third-order valence-corrected chi connectivity index (χ3v) is 4.88. The molecule has 1 aliphatic heterocycles. The summed E-state index contributed by atoms with van der Waals surface area (Å²) in [6.07, 6.45) is 2.10. The van der Waals surface area contributed by atoms with E-state index in [0.717, 1.165) is 19.1 Å². The summed E-state index contributed by atoms with van der Waals surface area (Å²) in [5.41, 5.74) is 0.116. The number of piperidine rings is 1. The van der Waals surface area contributed by atoms with Crippen LogP contribution in [-0.2, 0) is 14.6 Å². The van der Waals surface area contributed by atoms with E-state index in [9.17, 15) is 18.0 Å². The Morgan fingerprint density at radius 1 is 1.30 bits per heavy atom. The van der Waals surface area contributed by atoms with Crippen LogP contribution in [0.15, 0.2) is 29.2 Å². The van der Waals surface area contributed by atoms with E-state index in [1.807, 2.05) is 0 Å². The zero-order valence-corrected chi connectivity index (χ0v) is 13.9. The lowest BCUT2D eigenvalue weighted by atomic mass is 10.1. The van der Waals surface area contributed by atoms with Gasteiger partial charge in [0.25, 0.3) is 5.91 Å². The first-order valence-electron chi connectivity index (χ1n) is 7.25. The highest BCUT2D eigenvalue weighted by Gasteiger charge is 2.26. The summed E-state index contributed by atoms with van der Waals surface area (Å²) in [7, 11) is -2.18. The smallest absolute Gasteiger partial charge is 0.409 e. The molecule has 2 amide bonds. The molecule has 8 heteroatoms. The Balaban J connectivity index is 2.12. The van der Waals surface area contributed by atoms with Gasteiger partial charge in [-0.2, -0.15) is 0 Å². The number of sulfone groups is 1. The maximum absolute atomic E-state index is 12.4. The van der Waals surface area contributed by atoms with Crippen molar-refractivity contribution in [3.63, 3.8) is 0 Å². The number of benzene rings is 1. The molecule has 1 heterocycles. The van der Waals surface area contributed by atoms with E-state index in [1.54, 1.807) is 12.1 Å². The summed E-state index contributed by atoms with van der Waals surface area (Å²) in [4.78, 5) is 25.5. The van der Waals surface area contributed by atoms with Crippen molar-refractivity contribution in [1.29, 1.82) is 0 Å². The number of ether oxygens (including phenoxy) is 1. The zero-order valence-electron chi connectivity index (χ0n) is 13.1. The second-order valence-electron chi connectivity index (χ2n) is 5.50. The lowest BCUT2D eigenvalue weighted by Crippen LogP contribution is -2.49. The highest BCUT2D eigenvalue weighted by atomic mass is 32.2. The van der Waals surface area contributed by atoms with Gasteiger partial charge in [-0.15, -0.1) is 0 Å². The molecule has 126 valence electrons. The van der Waals surface area contributed by atoms with Gasteiger partial charge in [-0.25, -0.2) is 13.2 Å². The number of hydrogen-bond acceptors (Lipinski definition) is 5. The van der Waals surface area contributed by atoms with Gasteiger partial charge < -0.3 is 15.0 Å². The number of likely N-dealkylation sites (tertiary alicyclic amines) is 1. The minimum atomic E-state index is -3.49. The first kappa shape index (κ1) is 17.3. The van der Waals surface area contributed by atoms with Crippen molar-refractivity contribution < 1.29 is 22.7 Å². The quantitative estimate of drug-likeness (QED) is 0.888. The molecule has 0 aromatic heterocycles. The largest absolute Gasteiger partial charge is 0.453 e. The molecule has 1 aromatic rings. The molecule has 1 N–H and O–H groups in total. The summed E-state index contributed by atoms with van der Waals surface area (Å²) < 4.78 is 28.2. The topological polar surface area (TPSA) is 92.8 Å². The fraction of sp³-hybridized carbons (Fsp3) is 0.467. The van der Waals surface area contributed by atoms with Crippen LogP contribution in [0.5, 0.6) is 0 Å². The lowest BCUT2D eigenvalue weighted by Gasteiger charge is -2.32. The highest BCUT2D eigenvalue weighted by Crippen LogP contribution is 2.17. The average molecular weight is 340 g/mol. The predicted molar refractivity (Wildman–Crippen MR) is 84.0 cm³/mol. The van der Waals surface area contributed by atoms with Crippen LogP contribution in [0, 0.1) is 0 Å². The Bertz CT molecular complexity index is 702. The molecule has 0 aliphatic carbocycles. The Morgan fingerprint density at radius 3 is 2.65 bits per heavy atom. The monoisotopic (exact) mass is 340 g/mol. The van der Waals surface area contributed by atoms with Crippen molar-refractivity contribution in [2.24, 2.45) is 0 Å². The van der Waals surface area contributed by atoms with E-state index in [-0.39, 0.29) is 16.5 Å². The average Bonchev–Trinajstić information content (AvgIpc) is 2.53. The zero-order chi connectivity index (χ0) is 17.0. The van der Waals surface area contributed by atoms with Crippen LogP contribution in [0.3, 0.4) is 0 Å². The minimum absolute atomic E-state index is 0.00173. The van der Waals surface area contributed by atoms with Crippen molar-refractivity contribution in [3.8, 4) is 0 Å². The summed E-state index contributed by atoms with van der Waals surface area (Å²) in [6, 6.07) is 5.85. The third kappa shape index (κ3) is 4.22. The number of nitrogens with one attached hydrogen (secondary N) is 1. The fourth-order valence-electron chi connectivity index (χ4n) is 2.63. The van der Waals surface area contributed by atoms with Gasteiger partial charge in [-0.3, -0.25) is 4.79 Å². The molecule has 0 saturated carbocycles. The molecule has 0 spiro atoms. The van der Waals surface area contributed by atoms with E-state index in [4.69, 9.17) is 0 Å². The maximum Gasteiger partial charge on any atom is 0.409 e. The van der Waals surface area contributed by atoms with Crippen LogP contribution in [0.2, 0.25) is 0 Å². The number of nitrogens with zero attached hydrogens (tertiary/aromatic N) is 1. The number of carbonyl (C=O) groups excluding carboxylic acids is 2. The fourth-order valence-corrected chi connectivity index (χ4v) is 3.52. The van der Waals surface area contributed by atoms with Crippen LogP contribution in [0.1, 0.15) is 23.2 Å². The summed E-state index contributed by atoms with van der Waals surface area (Å²) in [6.45, 7) is 0.929. The Labute approximate surface area is 135 Å². The number of amides is 2. The molecule has 1 fully saturated rings. The van der Waals surface area contributed by atoms with Crippen molar-refractivity contribution in [1.82, 2.24) is 10.2 Å². The first-order chi connectivity index (χ1) is 10.8. The van der Waals surface area contributed by atoms with Gasteiger partial charge in [-0.05, 0) is 25.0 Å². The van der Waals surface area contributed by atoms with Gasteiger partial charge in [-0.1, -0.05) is 12.1 Å². The first-order valence-corrected chi connectivity index (χ1v) is 9.15. The number of rotatable bonds is 3. The highest BCUT2D eigenvalue weighted by molar-refractivity contribution is 7.90. The van der Waals surface area contributed by atoms with E-state index in [2.05, 4.69) is 10.1 Å². The summed E-state index contributed by atoms with van der Waals surface area (Å²) in [5.74, 6) is -0.456. The molecule has 7 nitrogen and oxygen atoms in total. The molecule has 1 aliphatic rings. The van der Waals surface area contributed by atoms with Gasteiger partial charge >= 0.3 is 6.09 Å². The normalized spacial score (nSPS) is 18.3. The van der Waals surface area contributed by atoms with Gasteiger partial charge in [0, 0.05) is 25.4 Å². The Hall–Kier alpha value is -2.09. The van der Waals surface area contributed by atoms with Crippen LogP contribution >= 0.6 is 0 Å². The van der Waals surface area contributed by atoms with Crippen LogP contribution in [0.4, 0.5) is 4.79 Å².